The van der Waals surface area contributed by atoms with Gasteiger partial charge in [-0.3, -0.25) is 4.79 Å². The predicted molar refractivity (Wildman–Crippen MR) is 61.3 cm³/mol. The Balaban J connectivity index is 2.43. The van der Waals surface area contributed by atoms with Gasteiger partial charge in [0.2, 0.25) is 0 Å². The lowest BCUT2D eigenvalue weighted by Gasteiger charge is -2.12. The topological polar surface area (TPSA) is 56.5 Å². The Hall–Kier alpha value is -2.36. The summed E-state index contributed by atoms with van der Waals surface area (Å²) in [6.07, 6.45) is -4.64. The summed E-state index contributed by atoms with van der Waals surface area (Å²) in [7, 11) is 0. The number of carbonyl (C=O) groups excluding carboxylic acids is 1. The number of halogens is 3. The molecule has 1 atom stereocenters. The summed E-state index contributed by atoms with van der Waals surface area (Å²) in [6.45, 7) is 1.16. The predicted octanol–water partition coefficient (Wildman–Crippen LogP) is 2.46. The summed E-state index contributed by atoms with van der Waals surface area (Å²) in [5.74, 6) is -2.10. The van der Waals surface area contributed by atoms with Crippen LogP contribution in [0.15, 0.2) is 29.4 Å². The number of rotatable bonds is 1. The maximum atomic E-state index is 12.7. The molecule has 1 heterocycles. The number of hydrogen-bond donors (Lipinski definition) is 0. The SMILES string of the molecule is CC1C(=O)N(c2cccc(C#N)c2)N=C1C(F)(F)F. The van der Waals surface area contributed by atoms with E-state index in [-0.39, 0.29) is 11.3 Å². The summed E-state index contributed by atoms with van der Waals surface area (Å²) in [6, 6.07) is 7.55. The fourth-order valence-electron chi connectivity index (χ4n) is 1.74. The van der Waals surface area contributed by atoms with E-state index in [4.69, 9.17) is 5.26 Å². The average Bonchev–Trinajstić information content (AvgIpc) is 2.66. The molecular weight excluding hydrogens is 259 g/mol. The minimum atomic E-state index is -4.64. The highest BCUT2D eigenvalue weighted by molar-refractivity contribution is 6.17. The first-order valence-corrected chi connectivity index (χ1v) is 5.34. The molecule has 0 aromatic heterocycles. The standard InChI is InChI=1S/C12H8F3N3O/c1-7-10(12(13,14)15)17-18(11(7)19)9-4-2-3-8(5-9)6-16/h2-5,7H,1H3. The van der Waals surface area contributed by atoms with Gasteiger partial charge in [0.1, 0.15) is 0 Å². The molecule has 4 nitrogen and oxygen atoms in total. The number of hydrogen-bond acceptors (Lipinski definition) is 3. The van der Waals surface area contributed by atoms with E-state index in [2.05, 4.69) is 5.10 Å². The zero-order valence-corrected chi connectivity index (χ0v) is 9.77. The number of benzene rings is 1. The highest BCUT2D eigenvalue weighted by Gasteiger charge is 2.48. The molecule has 0 saturated carbocycles. The van der Waals surface area contributed by atoms with E-state index in [9.17, 15) is 18.0 Å². The molecule has 0 bridgehead atoms. The van der Waals surface area contributed by atoms with Crippen LogP contribution in [0.3, 0.4) is 0 Å². The molecule has 0 aliphatic carbocycles. The molecule has 2 rings (SSSR count). The molecule has 0 fully saturated rings. The molecule has 0 saturated heterocycles. The molecule has 1 aliphatic rings. The molecule has 1 aromatic carbocycles. The van der Waals surface area contributed by atoms with Crippen molar-refractivity contribution in [1.29, 1.82) is 5.26 Å². The van der Waals surface area contributed by atoms with Crippen molar-refractivity contribution in [3.63, 3.8) is 0 Å². The maximum Gasteiger partial charge on any atom is 0.432 e. The Kier molecular flexibility index (Phi) is 3.02. The minimum Gasteiger partial charge on any atom is -0.272 e. The summed E-state index contributed by atoms with van der Waals surface area (Å²) < 4.78 is 38.0. The van der Waals surface area contributed by atoms with Gasteiger partial charge in [-0.2, -0.15) is 28.5 Å². The number of amides is 1. The Morgan fingerprint density at radius 3 is 2.63 bits per heavy atom. The molecular formula is C12H8F3N3O. The van der Waals surface area contributed by atoms with E-state index in [1.165, 1.54) is 24.3 Å². The van der Waals surface area contributed by atoms with E-state index < -0.39 is 23.7 Å². The number of anilines is 1. The first kappa shape index (κ1) is 13.1. The monoisotopic (exact) mass is 267 g/mol. The van der Waals surface area contributed by atoms with Crippen molar-refractivity contribution in [2.45, 2.75) is 13.1 Å². The van der Waals surface area contributed by atoms with Crippen LogP contribution < -0.4 is 5.01 Å². The van der Waals surface area contributed by atoms with Crippen LogP contribution in [0.1, 0.15) is 12.5 Å². The Morgan fingerprint density at radius 1 is 1.42 bits per heavy atom. The van der Waals surface area contributed by atoms with Crippen LogP contribution in [-0.2, 0) is 4.79 Å². The van der Waals surface area contributed by atoms with Gasteiger partial charge in [0, 0.05) is 0 Å². The van der Waals surface area contributed by atoms with Crippen molar-refractivity contribution in [3.05, 3.63) is 29.8 Å². The van der Waals surface area contributed by atoms with Crippen molar-refractivity contribution in [2.24, 2.45) is 11.0 Å². The maximum absolute atomic E-state index is 12.7. The van der Waals surface area contributed by atoms with E-state index in [0.717, 1.165) is 6.92 Å². The summed E-state index contributed by atoms with van der Waals surface area (Å²) in [5.41, 5.74) is -0.733. The van der Waals surface area contributed by atoms with Crippen LogP contribution in [0.2, 0.25) is 0 Å². The fourth-order valence-corrected chi connectivity index (χ4v) is 1.74. The second kappa shape index (κ2) is 4.39. The van der Waals surface area contributed by atoms with Crippen LogP contribution in [0.5, 0.6) is 0 Å². The number of alkyl halides is 3. The van der Waals surface area contributed by atoms with Gasteiger partial charge < -0.3 is 0 Å². The van der Waals surface area contributed by atoms with Gasteiger partial charge in [0.15, 0.2) is 5.71 Å². The highest BCUT2D eigenvalue weighted by Crippen LogP contribution is 2.31. The molecule has 1 aromatic rings. The molecule has 0 radical (unpaired) electrons. The Labute approximate surface area is 106 Å². The van der Waals surface area contributed by atoms with Gasteiger partial charge in [0.25, 0.3) is 5.91 Å². The largest absolute Gasteiger partial charge is 0.432 e. The number of carbonyl (C=O) groups is 1. The van der Waals surface area contributed by atoms with Crippen molar-refractivity contribution in [1.82, 2.24) is 0 Å². The minimum absolute atomic E-state index is 0.148. The van der Waals surface area contributed by atoms with Gasteiger partial charge in [-0.25, -0.2) is 0 Å². The first-order chi connectivity index (χ1) is 8.84. The zero-order chi connectivity index (χ0) is 14.2. The van der Waals surface area contributed by atoms with Crippen LogP contribution in [0, 0.1) is 17.2 Å². The van der Waals surface area contributed by atoms with E-state index in [1.54, 1.807) is 0 Å². The van der Waals surface area contributed by atoms with Crippen molar-refractivity contribution in [3.8, 4) is 6.07 Å². The number of nitrogens with zero attached hydrogens (tertiary/aromatic N) is 3. The second-order valence-corrected chi connectivity index (χ2v) is 4.02. The van der Waals surface area contributed by atoms with Gasteiger partial charge in [0.05, 0.1) is 23.2 Å². The van der Waals surface area contributed by atoms with Crippen molar-refractivity contribution >= 4 is 17.3 Å². The lowest BCUT2D eigenvalue weighted by Crippen LogP contribution is -2.31. The zero-order valence-electron chi connectivity index (χ0n) is 9.77. The van der Waals surface area contributed by atoms with E-state index >= 15 is 0 Å². The summed E-state index contributed by atoms with van der Waals surface area (Å²) >= 11 is 0. The van der Waals surface area contributed by atoms with Gasteiger partial charge in [-0.15, -0.1) is 0 Å². The molecule has 0 spiro atoms. The van der Waals surface area contributed by atoms with Gasteiger partial charge in [-0.1, -0.05) is 6.07 Å². The quantitative estimate of drug-likeness (QED) is 0.784. The third kappa shape index (κ3) is 2.29. The average molecular weight is 267 g/mol. The Morgan fingerprint density at radius 2 is 2.11 bits per heavy atom. The molecule has 19 heavy (non-hydrogen) atoms. The molecule has 1 amide bonds. The fraction of sp³-hybridized carbons (Fsp3) is 0.250. The number of hydrazone groups is 1. The van der Waals surface area contributed by atoms with Crippen molar-refractivity contribution in [2.75, 3.05) is 5.01 Å². The molecule has 0 N–H and O–H groups in total. The third-order valence-corrected chi connectivity index (χ3v) is 2.71. The lowest BCUT2D eigenvalue weighted by atomic mass is 10.1. The van der Waals surface area contributed by atoms with Crippen LogP contribution in [-0.4, -0.2) is 17.8 Å². The van der Waals surface area contributed by atoms with E-state index in [0.29, 0.717) is 5.01 Å². The molecule has 7 heteroatoms. The van der Waals surface area contributed by atoms with Crippen LogP contribution in [0.4, 0.5) is 18.9 Å². The molecule has 98 valence electrons. The summed E-state index contributed by atoms with van der Waals surface area (Å²) in [4.78, 5) is 11.8. The second-order valence-electron chi connectivity index (χ2n) is 4.02. The van der Waals surface area contributed by atoms with Crippen molar-refractivity contribution < 1.29 is 18.0 Å². The van der Waals surface area contributed by atoms with E-state index in [1.807, 2.05) is 6.07 Å². The van der Waals surface area contributed by atoms with Gasteiger partial charge >= 0.3 is 6.18 Å². The molecule has 1 aliphatic heterocycles. The Bertz CT molecular complexity index is 601. The normalized spacial score (nSPS) is 19.3. The summed E-state index contributed by atoms with van der Waals surface area (Å²) in [5, 5.41) is 12.8. The number of nitriles is 1. The van der Waals surface area contributed by atoms with Crippen LogP contribution in [0.25, 0.3) is 0 Å². The molecule has 1 unspecified atom stereocenters. The third-order valence-electron chi connectivity index (χ3n) is 2.71. The first-order valence-electron chi connectivity index (χ1n) is 5.34. The van der Waals surface area contributed by atoms with Crippen LogP contribution >= 0.6 is 0 Å². The van der Waals surface area contributed by atoms with Gasteiger partial charge in [-0.05, 0) is 25.1 Å². The lowest BCUT2D eigenvalue weighted by molar-refractivity contribution is -0.120. The highest BCUT2D eigenvalue weighted by atomic mass is 19.4. The smallest absolute Gasteiger partial charge is 0.272 e.